The van der Waals surface area contributed by atoms with Gasteiger partial charge in [0.05, 0.1) is 6.20 Å². The van der Waals surface area contributed by atoms with E-state index >= 15 is 0 Å². The van der Waals surface area contributed by atoms with Crippen molar-refractivity contribution in [1.29, 1.82) is 0 Å². The number of ether oxygens (including phenoxy) is 1. The van der Waals surface area contributed by atoms with Crippen LogP contribution in [0.5, 0.6) is 6.08 Å². The first-order valence-corrected chi connectivity index (χ1v) is 3.38. The Morgan fingerprint density at radius 2 is 2.55 bits per heavy atom. The summed E-state index contributed by atoms with van der Waals surface area (Å²) >= 11 is 0. The van der Waals surface area contributed by atoms with Crippen molar-refractivity contribution in [2.45, 2.75) is 13.8 Å². The summed E-state index contributed by atoms with van der Waals surface area (Å²) in [6, 6.07) is 0. The third kappa shape index (κ3) is 2.45. The highest BCUT2D eigenvalue weighted by molar-refractivity contribution is 4.97. The number of hydrogen-bond acceptors (Lipinski definition) is 3. The Morgan fingerprint density at radius 3 is 3.00 bits per heavy atom. The van der Waals surface area contributed by atoms with Gasteiger partial charge in [-0.25, -0.2) is 0 Å². The third-order valence-corrected chi connectivity index (χ3v) is 1.04. The van der Waals surface area contributed by atoms with Gasteiger partial charge in [0, 0.05) is 0 Å². The highest BCUT2D eigenvalue weighted by Crippen LogP contribution is 2.10. The maximum absolute atomic E-state index is 5.11. The standard InChI is InChI=1S/C8H11NO2/c1-6(2)5-10-8-9-4-7(3)11-8/h4H,1,5H2,2-3H3. The van der Waals surface area contributed by atoms with Gasteiger partial charge in [0.2, 0.25) is 0 Å². The van der Waals surface area contributed by atoms with E-state index in [-0.39, 0.29) is 0 Å². The lowest BCUT2D eigenvalue weighted by molar-refractivity contribution is 0.248. The van der Waals surface area contributed by atoms with Gasteiger partial charge in [0.25, 0.3) is 0 Å². The van der Waals surface area contributed by atoms with Crippen molar-refractivity contribution in [3.8, 4) is 6.08 Å². The van der Waals surface area contributed by atoms with Gasteiger partial charge in [0.1, 0.15) is 12.4 Å². The van der Waals surface area contributed by atoms with Gasteiger partial charge in [0.15, 0.2) is 0 Å². The Labute approximate surface area is 65.7 Å². The smallest absolute Gasteiger partial charge is 0.393 e. The minimum absolute atomic E-state index is 0.311. The summed E-state index contributed by atoms with van der Waals surface area (Å²) < 4.78 is 10.2. The average molecular weight is 153 g/mol. The van der Waals surface area contributed by atoms with E-state index in [4.69, 9.17) is 9.15 Å². The van der Waals surface area contributed by atoms with Crippen molar-refractivity contribution < 1.29 is 9.15 Å². The van der Waals surface area contributed by atoms with Gasteiger partial charge in [-0.05, 0) is 19.4 Å². The molecule has 0 saturated carbocycles. The number of hydrogen-bond donors (Lipinski definition) is 0. The molecule has 0 aliphatic rings. The quantitative estimate of drug-likeness (QED) is 0.622. The van der Waals surface area contributed by atoms with Gasteiger partial charge < -0.3 is 9.15 Å². The molecule has 0 N–H and O–H groups in total. The van der Waals surface area contributed by atoms with Crippen LogP contribution in [0.3, 0.4) is 0 Å². The maximum atomic E-state index is 5.11. The minimum Gasteiger partial charge on any atom is -0.446 e. The summed E-state index contributed by atoms with van der Waals surface area (Å²) in [4.78, 5) is 3.86. The van der Waals surface area contributed by atoms with Crippen LogP contribution in [0.4, 0.5) is 0 Å². The van der Waals surface area contributed by atoms with Crippen LogP contribution in [-0.4, -0.2) is 11.6 Å². The van der Waals surface area contributed by atoms with E-state index in [2.05, 4.69) is 11.6 Å². The van der Waals surface area contributed by atoms with E-state index < -0.39 is 0 Å². The van der Waals surface area contributed by atoms with Crippen LogP contribution in [-0.2, 0) is 0 Å². The predicted molar refractivity (Wildman–Crippen MR) is 41.5 cm³/mol. The lowest BCUT2D eigenvalue weighted by Crippen LogP contribution is -1.96. The second-order valence-corrected chi connectivity index (χ2v) is 2.48. The molecule has 1 aromatic heterocycles. The van der Waals surface area contributed by atoms with E-state index in [9.17, 15) is 0 Å². The summed E-state index contributed by atoms with van der Waals surface area (Å²) in [6.45, 7) is 7.85. The van der Waals surface area contributed by atoms with E-state index in [1.807, 2.05) is 13.8 Å². The van der Waals surface area contributed by atoms with E-state index in [1.165, 1.54) is 0 Å². The zero-order chi connectivity index (χ0) is 8.27. The highest BCUT2D eigenvalue weighted by atomic mass is 16.6. The molecule has 0 aliphatic heterocycles. The molecule has 0 spiro atoms. The van der Waals surface area contributed by atoms with E-state index in [1.54, 1.807) is 6.20 Å². The Morgan fingerprint density at radius 1 is 1.82 bits per heavy atom. The van der Waals surface area contributed by atoms with Gasteiger partial charge in [-0.1, -0.05) is 6.58 Å². The third-order valence-electron chi connectivity index (χ3n) is 1.04. The van der Waals surface area contributed by atoms with Crippen molar-refractivity contribution in [3.05, 3.63) is 24.1 Å². The normalized spacial score (nSPS) is 9.64. The van der Waals surface area contributed by atoms with Crippen LogP contribution in [0.25, 0.3) is 0 Å². The van der Waals surface area contributed by atoms with Crippen LogP contribution < -0.4 is 4.74 Å². The lowest BCUT2D eigenvalue weighted by atomic mass is 10.4. The minimum atomic E-state index is 0.311. The fourth-order valence-electron chi connectivity index (χ4n) is 0.586. The first-order valence-electron chi connectivity index (χ1n) is 3.38. The van der Waals surface area contributed by atoms with E-state index in [0.29, 0.717) is 12.7 Å². The molecule has 0 aliphatic carbocycles. The van der Waals surface area contributed by atoms with Crippen molar-refractivity contribution >= 4 is 0 Å². The molecule has 1 heterocycles. The lowest BCUT2D eigenvalue weighted by Gasteiger charge is -1.97. The van der Waals surface area contributed by atoms with Crippen LogP contribution in [0.15, 0.2) is 22.8 Å². The Bertz CT molecular complexity index is 252. The maximum Gasteiger partial charge on any atom is 0.393 e. The summed E-state index contributed by atoms with van der Waals surface area (Å²) in [6.07, 6.45) is 1.93. The number of aryl methyl sites for hydroxylation is 1. The molecule has 60 valence electrons. The van der Waals surface area contributed by atoms with Gasteiger partial charge in [-0.15, -0.1) is 0 Å². The van der Waals surface area contributed by atoms with Crippen molar-refractivity contribution in [2.24, 2.45) is 0 Å². The zero-order valence-electron chi connectivity index (χ0n) is 6.76. The van der Waals surface area contributed by atoms with Gasteiger partial charge >= 0.3 is 6.08 Å². The molecule has 0 saturated heterocycles. The van der Waals surface area contributed by atoms with Crippen LogP contribution in [0, 0.1) is 6.92 Å². The van der Waals surface area contributed by atoms with Crippen LogP contribution in [0.1, 0.15) is 12.7 Å². The topological polar surface area (TPSA) is 35.3 Å². The fourth-order valence-corrected chi connectivity index (χ4v) is 0.586. The SMILES string of the molecule is C=C(C)COc1ncc(C)o1. The molecule has 0 amide bonds. The fraction of sp³-hybridized carbons (Fsp3) is 0.375. The first-order chi connectivity index (χ1) is 5.18. The number of rotatable bonds is 3. The van der Waals surface area contributed by atoms with Crippen molar-refractivity contribution in [1.82, 2.24) is 4.98 Å². The molecular formula is C8H11NO2. The molecular weight excluding hydrogens is 142 g/mol. The molecule has 1 aromatic rings. The summed E-state index contributed by atoms with van der Waals surface area (Å²) in [7, 11) is 0. The van der Waals surface area contributed by atoms with Crippen LogP contribution >= 0.6 is 0 Å². The summed E-state index contributed by atoms with van der Waals surface area (Å²) in [5, 5.41) is 0. The summed E-state index contributed by atoms with van der Waals surface area (Å²) in [5.74, 6) is 0.752. The Balaban J connectivity index is 2.45. The monoisotopic (exact) mass is 153 g/mol. The molecule has 0 unspecified atom stereocenters. The second-order valence-electron chi connectivity index (χ2n) is 2.48. The van der Waals surface area contributed by atoms with E-state index in [0.717, 1.165) is 11.3 Å². The molecule has 0 aromatic carbocycles. The zero-order valence-corrected chi connectivity index (χ0v) is 6.76. The van der Waals surface area contributed by atoms with Crippen molar-refractivity contribution in [3.63, 3.8) is 0 Å². The molecule has 3 heteroatoms. The first kappa shape index (κ1) is 7.85. The van der Waals surface area contributed by atoms with Crippen molar-refractivity contribution in [2.75, 3.05) is 6.61 Å². The second kappa shape index (κ2) is 3.23. The average Bonchev–Trinajstić information content (AvgIpc) is 2.31. The van der Waals surface area contributed by atoms with Crippen LogP contribution in [0.2, 0.25) is 0 Å². The Kier molecular flexibility index (Phi) is 2.31. The number of oxazole rings is 1. The van der Waals surface area contributed by atoms with Gasteiger partial charge in [-0.2, -0.15) is 4.98 Å². The largest absolute Gasteiger partial charge is 0.446 e. The molecule has 11 heavy (non-hydrogen) atoms. The van der Waals surface area contributed by atoms with Gasteiger partial charge in [-0.3, -0.25) is 0 Å². The Hall–Kier alpha value is -1.25. The highest BCUT2D eigenvalue weighted by Gasteiger charge is 1.99. The molecule has 0 bridgehead atoms. The number of nitrogens with zero attached hydrogens (tertiary/aromatic N) is 1. The molecule has 3 nitrogen and oxygen atoms in total. The molecule has 0 atom stereocenters. The summed E-state index contributed by atoms with van der Waals surface area (Å²) in [5.41, 5.74) is 0.945. The molecule has 0 radical (unpaired) electrons. The predicted octanol–water partition coefficient (Wildman–Crippen LogP) is 1.94. The molecule has 1 rings (SSSR count). The molecule has 0 fully saturated rings. The number of aromatic nitrogens is 1.